The molecule has 0 amide bonds. The topological polar surface area (TPSA) is 129 Å². The maximum atomic E-state index is 12.8. The highest BCUT2D eigenvalue weighted by molar-refractivity contribution is 5.89. The van der Waals surface area contributed by atoms with E-state index in [0.717, 1.165) is 5.56 Å². The minimum absolute atomic E-state index is 0.0634. The predicted octanol–water partition coefficient (Wildman–Crippen LogP) is 3.80. The van der Waals surface area contributed by atoms with Gasteiger partial charge in [0.05, 0.1) is 24.9 Å². The van der Waals surface area contributed by atoms with Gasteiger partial charge in [-0.25, -0.2) is 4.79 Å². The first-order valence-electron chi connectivity index (χ1n) is 10.9. The lowest BCUT2D eigenvalue weighted by Gasteiger charge is -2.44. The Balaban J connectivity index is 1.84. The Morgan fingerprint density at radius 3 is 2.29 bits per heavy atom. The van der Waals surface area contributed by atoms with E-state index in [1.807, 2.05) is 30.3 Å². The zero-order valence-corrected chi connectivity index (χ0v) is 19.0. The Bertz CT molecular complexity index is 983. The van der Waals surface area contributed by atoms with Gasteiger partial charge in [0.1, 0.15) is 6.10 Å². The van der Waals surface area contributed by atoms with Crippen LogP contribution in [0.5, 0.6) is 0 Å². The number of nitrogens with zero attached hydrogens (tertiary/aromatic N) is 3. The fraction of sp³-hybridized carbons (Fsp3) is 0.417. The van der Waals surface area contributed by atoms with E-state index in [1.165, 1.54) is 6.92 Å². The van der Waals surface area contributed by atoms with Crippen LogP contribution in [0.1, 0.15) is 29.8 Å². The minimum atomic E-state index is -0.998. The minimum Gasteiger partial charge on any atom is -0.455 e. The molecule has 0 radical (unpaired) electrons. The normalized spacial score (nSPS) is 24.0. The number of ether oxygens (including phenoxy) is 5. The van der Waals surface area contributed by atoms with Crippen LogP contribution in [-0.4, -0.2) is 55.8 Å². The monoisotopic (exact) mass is 469 g/mol. The van der Waals surface area contributed by atoms with Crippen molar-refractivity contribution >= 4 is 11.9 Å². The lowest BCUT2D eigenvalue weighted by Crippen LogP contribution is -2.61. The quantitative estimate of drug-likeness (QED) is 0.170. The number of esters is 2. The van der Waals surface area contributed by atoms with E-state index in [1.54, 1.807) is 37.3 Å². The standard InChI is InChI=1S/C24H27N3O7/c1-16-20(34-23(29)19-11-7-4-8-12-19)21(33-17(2)28)22(24(32-16)30-14-13-26-27-25)31-15-18-9-5-3-6-10-18/h3-12,16,20-22,24H,13-15H2,1-2H3/t16?,20-,21?,22?,24-/m1/s1. The highest BCUT2D eigenvalue weighted by Gasteiger charge is 2.50. The van der Waals surface area contributed by atoms with E-state index in [2.05, 4.69) is 10.0 Å². The van der Waals surface area contributed by atoms with Crippen molar-refractivity contribution in [1.82, 2.24) is 0 Å². The molecule has 0 aromatic heterocycles. The lowest BCUT2D eigenvalue weighted by molar-refractivity contribution is -0.305. The molecule has 2 aromatic carbocycles. The summed E-state index contributed by atoms with van der Waals surface area (Å²) in [6.07, 6.45) is -4.50. The molecule has 0 spiro atoms. The van der Waals surface area contributed by atoms with E-state index < -0.39 is 42.6 Å². The molecule has 2 aromatic rings. The van der Waals surface area contributed by atoms with Crippen LogP contribution >= 0.6 is 0 Å². The predicted molar refractivity (Wildman–Crippen MR) is 121 cm³/mol. The van der Waals surface area contributed by atoms with Crippen molar-refractivity contribution < 1.29 is 33.3 Å². The third-order valence-electron chi connectivity index (χ3n) is 5.10. The summed E-state index contributed by atoms with van der Waals surface area (Å²) in [4.78, 5) is 27.5. The maximum Gasteiger partial charge on any atom is 0.338 e. The fourth-order valence-corrected chi connectivity index (χ4v) is 3.56. The number of rotatable bonds is 10. The van der Waals surface area contributed by atoms with Crippen LogP contribution < -0.4 is 0 Å². The van der Waals surface area contributed by atoms with Crippen LogP contribution in [0, 0.1) is 0 Å². The van der Waals surface area contributed by atoms with Crippen molar-refractivity contribution in [2.45, 2.75) is 51.2 Å². The molecular weight excluding hydrogens is 442 g/mol. The molecule has 1 heterocycles. The average Bonchev–Trinajstić information content (AvgIpc) is 2.84. The second-order valence-corrected chi connectivity index (χ2v) is 7.61. The summed E-state index contributed by atoms with van der Waals surface area (Å²) >= 11 is 0. The second kappa shape index (κ2) is 12.7. The van der Waals surface area contributed by atoms with E-state index in [0.29, 0.717) is 5.56 Å². The Morgan fingerprint density at radius 2 is 1.65 bits per heavy atom. The number of hydrogen-bond acceptors (Lipinski definition) is 8. The third kappa shape index (κ3) is 7.03. The Morgan fingerprint density at radius 1 is 0.971 bits per heavy atom. The van der Waals surface area contributed by atoms with Crippen molar-refractivity contribution in [2.24, 2.45) is 5.11 Å². The lowest BCUT2D eigenvalue weighted by atomic mass is 9.98. The molecule has 3 rings (SSSR count). The highest BCUT2D eigenvalue weighted by Crippen LogP contribution is 2.30. The van der Waals surface area contributed by atoms with Gasteiger partial charge in [-0.15, -0.1) is 0 Å². The van der Waals surface area contributed by atoms with E-state index in [-0.39, 0.29) is 19.8 Å². The van der Waals surface area contributed by atoms with Gasteiger partial charge in [0, 0.05) is 18.4 Å². The zero-order valence-electron chi connectivity index (χ0n) is 19.0. The smallest absolute Gasteiger partial charge is 0.338 e. The summed E-state index contributed by atoms with van der Waals surface area (Å²) in [5.41, 5.74) is 9.74. The molecule has 0 saturated carbocycles. The van der Waals surface area contributed by atoms with Crippen LogP contribution in [0.4, 0.5) is 0 Å². The van der Waals surface area contributed by atoms with Crippen molar-refractivity contribution in [3.63, 3.8) is 0 Å². The number of carbonyl (C=O) groups is 2. The molecule has 1 aliphatic heterocycles. The average molecular weight is 469 g/mol. The van der Waals surface area contributed by atoms with E-state index in [9.17, 15) is 9.59 Å². The first-order chi connectivity index (χ1) is 16.5. The van der Waals surface area contributed by atoms with Gasteiger partial charge in [-0.3, -0.25) is 4.79 Å². The van der Waals surface area contributed by atoms with Crippen molar-refractivity contribution in [1.29, 1.82) is 0 Å². The fourth-order valence-electron chi connectivity index (χ4n) is 3.56. The van der Waals surface area contributed by atoms with Crippen LogP contribution in [-0.2, 0) is 35.1 Å². The van der Waals surface area contributed by atoms with Gasteiger partial charge in [-0.2, -0.15) is 0 Å². The van der Waals surface area contributed by atoms with Gasteiger partial charge in [0.25, 0.3) is 0 Å². The molecule has 0 aliphatic carbocycles. The molecule has 180 valence electrons. The van der Waals surface area contributed by atoms with Gasteiger partial charge in [0.2, 0.25) is 0 Å². The zero-order chi connectivity index (χ0) is 24.3. The van der Waals surface area contributed by atoms with Crippen LogP contribution in [0.2, 0.25) is 0 Å². The van der Waals surface area contributed by atoms with Gasteiger partial charge >= 0.3 is 11.9 Å². The van der Waals surface area contributed by atoms with Gasteiger partial charge in [-0.05, 0) is 30.2 Å². The molecule has 0 bridgehead atoms. The Hall–Kier alpha value is -3.43. The third-order valence-corrected chi connectivity index (χ3v) is 5.10. The van der Waals surface area contributed by atoms with Crippen molar-refractivity contribution in [3.05, 3.63) is 82.2 Å². The molecule has 0 N–H and O–H groups in total. The highest BCUT2D eigenvalue weighted by atomic mass is 16.7. The molecule has 10 nitrogen and oxygen atoms in total. The second-order valence-electron chi connectivity index (χ2n) is 7.61. The first-order valence-corrected chi connectivity index (χ1v) is 10.9. The summed E-state index contributed by atoms with van der Waals surface area (Å²) in [7, 11) is 0. The molecule has 1 saturated heterocycles. The van der Waals surface area contributed by atoms with Crippen LogP contribution in [0.25, 0.3) is 10.4 Å². The number of azide groups is 1. The summed E-state index contributed by atoms with van der Waals surface area (Å²) in [6, 6.07) is 17.9. The molecule has 5 atom stereocenters. The number of carbonyl (C=O) groups excluding carboxylic acids is 2. The van der Waals surface area contributed by atoms with Crippen LogP contribution in [0.3, 0.4) is 0 Å². The Kier molecular flexibility index (Phi) is 9.42. The maximum absolute atomic E-state index is 12.8. The molecule has 1 fully saturated rings. The van der Waals surface area contributed by atoms with Crippen LogP contribution in [0.15, 0.2) is 65.8 Å². The van der Waals surface area contributed by atoms with Gasteiger partial charge in [0.15, 0.2) is 18.5 Å². The molecular formula is C24H27N3O7. The van der Waals surface area contributed by atoms with Crippen molar-refractivity contribution in [2.75, 3.05) is 13.2 Å². The van der Waals surface area contributed by atoms with Gasteiger partial charge in [-0.1, -0.05) is 53.6 Å². The van der Waals surface area contributed by atoms with Crippen molar-refractivity contribution in [3.8, 4) is 0 Å². The SMILES string of the molecule is CC(=O)OC1C(OCc2ccccc2)[C@H](OCCN=[N+]=[N-])OC(C)[C@H]1OC(=O)c1ccccc1. The summed E-state index contributed by atoms with van der Waals surface area (Å²) in [5, 5.41) is 3.45. The summed E-state index contributed by atoms with van der Waals surface area (Å²) < 4.78 is 29.2. The largest absolute Gasteiger partial charge is 0.455 e. The van der Waals surface area contributed by atoms with Gasteiger partial charge < -0.3 is 23.7 Å². The van der Waals surface area contributed by atoms with E-state index >= 15 is 0 Å². The Labute approximate surface area is 197 Å². The summed E-state index contributed by atoms with van der Waals surface area (Å²) in [5.74, 6) is -1.15. The van der Waals surface area contributed by atoms with E-state index in [4.69, 9.17) is 29.2 Å². The first kappa shape index (κ1) is 25.2. The number of hydrogen-bond donors (Lipinski definition) is 0. The molecule has 34 heavy (non-hydrogen) atoms. The molecule has 10 heteroatoms. The molecule has 1 aliphatic rings. The molecule has 3 unspecified atom stereocenters. The summed E-state index contributed by atoms with van der Waals surface area (Å²) in [6.45, 7) is 3.28. The number of benzene rings is 2.